The Bertz CT molecular complexity index is 1290. The molecule has 3 heterocycles. The Morgan fingerprint density at radius 2 is 1.80 bits per heavy atom. The minimum absolute atomic E-state index is 0.00874. The predicted octanol–water partition coefficient (Wildman–Crippen LogP) is 2.78. The van der Waals surface area contributed by atoms with Gasteiger partial charge in [0.25, 0.3) is 0 Å². The molecule has 5 unspecified atom stereocenters. The summed E-state index contributed by atoms with van der Waals surface area (Å²) in [5.41, 5.74) is 0.824. The molecule has 3 aliphatic heterocycles. The average Bonchev–Trinajstić information content (AvgIpc) is 3.66. The SMILES string of the molecule is CC(C)CN(CC(O)C(Cc1ccccc1)N(C(=O)O)C1COC2OCCC21)S(=O)(=O)c1ccc2c(c1)OCO2. The maximum atomic E-state index is 13.8. The third-order valence-electron chi connectivity index (χ3n) is 7.62. The molecular weight excluding hydrogens is 540 g/mol. The summed E-state index contributed by atoms with van der Waals surface area (Å²) in [6.07, 6.45) is -2.17. The number of carbonyl (C=O) groups is 1. The van der Waals surface area contributed by atoms with Gasteiger partial charge < -0.3 is 29.2 Å². The van der Waals surface area contributed by atoms with E-state index in [1.807, 2.05) is 44.2 Å². The summed E-state index contributed by atoms with van der Waals surface area (Å²) in [6, 6.07) is 12.2. The van der Waals surface area contributed by atoms with Crippen molar-refractivity contribution >= 4 is 16.1 Å². The fraction of sp³-hybridized carbons (Fsp3) is 0.536. The topological polar surface area (TPSA) is 135 Å². The minimum Gasteiger partial charge on any atom is -0.465 e. The summed E-state index contributed by atoms with van der Waals surface area (Å²) >= 11 is 0. The van der Waals surface area contributed by atoms with E-state index in [4.69, 9.17) is 18.9 Å². The fourth-order valence-corrected chi connectivity index (χ4v) is 7.37. The lowest BCUT2D eigenvalue weighted by Gasteiger charge is -2.39. The monoisotopic (exact) mass is 576 g/mol. The normalized spacial score (nSPS) is 23.4. The Morgan fingerprint density at radius 3 is 2.52 bits per heavy atom. The number of hydrogen-bond acceptors (Lipinski definition) is 8. The van der Waals surface area contributed by atoms with E-state index in [-0.39, 0.29) is 49.6 Å². The molecule has 0 aromatic heterocycles. The standard InChI is InChI=1S/C28H36N2O9S/c1-18(2)14-29(40(34,35)20-8-9-25-26(13-20)39-17-38-25)15-24(31)22(12-19-6-4-3-5-7-19)30(28(32)33)23-16-37-27-21(23)10-11-36-27/h3-9,13,18,21-24,27,31H,10-12,14-17H2,1-2H3,(H,32,33). The van der Waals surface area contributed by atoms with Gasteiger partial charge in [-0.3, -0.25) is 4.90 Å². The molecule has 40 heavy (non-hydrogen) atoms. The summed E-state index contributed by atoms with van der Waals surface area (Å²) in [4.78, 5) is 14.0. The lowest BCUT2D eigenvalue weighted by atomic mass is 9.93. The first kappa shape index (κ1) is 28.6. The predicted molar refractivity (Wildman–Crippen MR) is 144 cm³/mol. The van der Waals surface area contributed by atoms with Crippen LogP contribution >= 0.6 is 0 Å². The van der Waals surface area contributed by atoms with Crippen molar-refractivity contribution in [3.05, 3.63) is 54.1 Å². The molecule has 12 heteroatoms. The molecule has 5 atom stereocenters. The molecule has 218 valence electrons. The third-order valence-corrected chi connectivity index (χ3v) is 9.44. The fourth-order valence-electron chi connectivity index (χ4n) is 5.73. The van der Waals surface area contributed by atoms with E-state index < -0.39 is 40.6 Å². The smallest absolute Gasteiger partial charge is 0.407 e. The van der Waals surface area contributed by atoms with Gasteiger partial charge in [-0.05, 0) is 36.5 Å². The number of sulfonamides is 1. The summed E-state index contributed by atoms with van der Waals surface area (Å²) in [6.45, 7) is 4.23. The van der Waals surface area contributed by atoms with Crippen molar-refractivity contribution < 1.29 is 42.4 Å². The average molecular weight is 577 g/mol. The Hall–Kier alpha value is -2.90. The Morgan fingerprint density at radius 1 is 1.05 bits per heavy atom. The van der Waals surface area contributed by atoms with E-state index in [0.717, 1.165) is 5.56 Å². The van der Waals surface area contributed by atoms with Crippen molar-refractivity contribution in [3.63, 3.8) is 0 Å². The number of rotatable bonds is 11. The Kier molecular flexibility index (Phi) is 8.52. The molecule has 0 saturated carbocycles. The molecule has 0 radical (unpaired) electrons. The summed E-state index contributed by atoms with van der Waals surface area (Å²) < 4.78 is 51.0. The number of carboxylic acid groups (broad SMARTS) is 1. The number of amides is 1. The number of aliphatic hydroxyl groups is 1. The van der Waals surface area contributed by atoms with E-state index in [0.29, 0.717) is 24.5 Å². The molecule has 2 saturated heterocycles. The van der Waals surface area contributed by atoms with Gasteiger partial charge in [-0.2, -0.15) is 4.31 Å². The lowest BCUT2D eigenvalue weighted by molar-refractivity contribution is -0.0906. The van der Waals surface area contributed by atoms with E-state index >= 15 is 0 Å². The summed E-state index contributed by atoms with van der Waals surface area (Å²) in [7, 11) is -4.07. The molecule has 2 N–H and O–H groups in total. The highest BCUT2D eigenvalue weighted by Gasteiger charge is 2.49. The highest BCUT2D eigenvalue weighted by molar-refractivity contribution is 7.89. The molecule has 3 aliphatic rings. The second-order valence-electron chi connectivity index (χ2n) is 10.8. The molecule has 0 aliphatic carbocycles. The van der Waals surface area contributed by atoms with Gasteiger partial charge in [0, 0.05) is 25.1 Å². The van der Waals surface area contributed by atoms with Crippen LogP contribution in [0.1, 0.15) is 25.8 Å². The van der Waals surface area contributed by atoms with Crippen LogP contribution in [-0.4, -0.2) is 91.5 Å². The number of aliphatic hydroxyl groups excluding tert-OH is 1. The van der Waals surface area contributed by atoms with Gasteiger partial charge in [0.15, 0.2) is 17.8 Å². The van der Waals surface area contributed by atoms with E-state index in [9.17, 15) is 23.4 Å². The van der Waals surface area contributed by atoms with Crippen LogP contribution in [0.25, 0.3) is 0 Å². The zero-order valence-corrected chi connectivity index (χ0v) is 23.4. The van der Waals surface area contributed by atoms with Gasteiger partial charge in [0.2, 0.25) is 16.8 Å². The van der Waals surface area contributed by atoms with Crippen molar-refractivity contribution in [2.24, 2.45) is 11.8 Å². The number of fused-ring (bicyclic) bond motifs is 2. The van der Waals surface area contributed by atoms with Crippen molar-refractivity contribution in [1.82, 2.24) is 9.21 Å². The molecule has 2 fully saturated rings. The van der Waals surface area contributed by atoms with Gasteiger partial charge in [-0.25, -0.2) is 13.2 Å². The van der Waals surface area contributed by atoms with Crippen LogP contribution in [0.4, 0.5) is 4.79 Å². The van der Waals surface area contributed by atoms with Crippen molar-refractivity contribution in [2.45, 2.75) is 56.1 Å². The zero-order valence-electron chi connectivity index (χ0n) is 22.6. The van der Waals surface area contributed by atoms with Gasteiger partial charge in [-0.1, -0.05) is 44.2 Å². The van der Waals surface area contributed by atoms with Gasteiger partial charge in [0.1, 0.15) is 0 Å². The van der Waals surface area contributed by atoms with Crippen molar-refractivity contribution in [2.75, 3.05) is 33.1 Å². The molecule has 0 bridgehead atoms. The highest BCUT2D eigenvalue weighted by atomic mass is 32.2. The molecule has 5 rings (SSSR count). The largest absolute Gasteiger partial charge is 0.465 e. The second kappa shape index (κ2) is 11.9. The van der Waals surface area contributed by atoms with Crippen LogP contribution in [0.5, 0.6) is 11.5 Å². The zero-order chi connectivity index (χ0) is 28.4. The molecular formula is C28H36N2O9S. The van der Waals surface area contributed by atoms with Gasteiger partial charge in [0.05, 0.1) is 36.3 Å². The second-order valence-corrected chi connectivity index (χ2v) is 12.8. The number of benzene rings is 2. The van der Waals surface area contributed by atoms with Gasteiger partial charge in [-0.15, -0.1) is 0 Å². The van der Waals surface area contributed by atoms with Crippen LogP contribution < -0.4 is 9.47 Å². The maximum Gasteiger partial charge on any atom is 0.407 e. The number of ether oxygens (including phenoxy) is 4. The first-order chi connectivity index (χ1) is 19.1. The number of hydrogen-bond donors (Lipinski definition) is 2. The van der Waals surface area contributed by atoms with Crippen LogP contribution in [0.15, 0.2) is 53.4 Å². The quantitative estimate of drug-likeness (QED) is 0.414. The van der Waals surface area contributed by atoms with Crippen LogP contribution in [0, 0.1) is 11.8 Å². The minimum atomic E-state index is -4.07. The Labute approximate surface area is 234 Å². The summed E-state index contributed by atoms with van der Waals surface area (Å²) in [5, 5.41) is 22.1. The Balaban J connectivity index is 1.46. The van der Waals surface area contributed by atoms with Crippen molar-refractivity contribution in [1.29, 1.82) is 0 Å². The lowest BCUT2D eigenvalue weighted by Crippen LogP contribution is -2.57. The van der Waals surface area contributed by atoms with Crippen LogP contribution in [0.2, 0.25) is 0 Å². The number of nitrogens with zero attached hydrogens (tertiary/aromatic N) is 2. The van der Waals surface area contributed by atoms with Crippen LogP contribution in [0.3, 0.4) is 0 Å². The van der Waals surface area contributed by atoms with E-state index in [1.165, 1.54) is 21.3 Å². The third kappa shape index (κ3) is 5.91. The highest BCUT2D eigenvalue weighted by Crippen LogP contribution is 2.37. The molecule has 0 spiro atoms. The maximum absolute atomic E-state index is 13.8. The van der Waals surface area contributed by atoms with E-state index in [1.54, 1.807) is 6.07 Å². The summed E-state index contributed by atoms with van der Waals surface area (Å²) in [5.74, 6) is 0.576. The van der Waals surface area contributed by atoms with E-state index in [2.05, 4.69) is 0 Å². The first-order valence-electron chi connectivity index (χ1n) is 13.5. The molecule has 2 aromatic rings. The van der Waals surface area contributed by atoms with Crippen LogP contribution in [-0.2, 0) is 25.9 Å². The van der Waals surface area contributed by atoms with Gasteiger partial charge >= 0.3 is 6.09 Å². The molecule has 1 amide bonds. The molecule has 11 nitrogen and oxygen atoms in total. The molecule has 2 aromatic carbocycles. The van der Waals surface area contributed by atoms with Crippen molar-refractivity contribution in [3.8, 4) is 11.5 Å². The first-order valence-corrected chi connectivity index (χ1v) is 15.0.